The van der Waals surface area contributed by atoms with Gasteiger partial charge in [0.25, 0.3) is 5.91 Å². The van der Waals surface area contributed by atoms with Gasteiger partial charge in [-0.05, 0) is 37.0 Å². The molecular weight excluding hydrogens is 470 g/mol. The van der Waals surface area contributed by atoms with Gasteiger partial charge in [0.1, 0.15) is 16.3 Å². The van der Waals surface area contributed by atoms with Gasteiger partial charge in [-0.1, -0.05) is 25.5 Å². The molecule has 9 heteroatoms. The average Bonchev–Trinajstić information content (AvgIpc) is 3.65. The summed E-state index contributed by atoms with van der Waals surface area (Å²) in [5, 5.41) is 5.37. The van der Waals surface area contributed by atoms with Crippen LogP contribution in [-0.4, -0.2) is 39.9 Å². The van der Waals surface area contributed by atoms with Gasteiger partial charge in [0.05, 0.1) is 29.1 Å². The summed E-state index contributed by atoms with van der Waals surface area (Å²) in [6.07, 6.45) is 10.7. The highest BCUT2D eigenvalue weighted by Crippen LogP contribution is 2.31. The lowest BCUT2D eigenvalue weighted by Gasteiger charge is -2.18. The summed E-state index contributed by atoms with van der Waals surface area (Å²) < 4.78 is 3.77. The van der Waals surface area contributed by atoms with Gasteiger partial charge in [-0.3, -0.25) is 13.9 Å². The second-order valence-electron chi connectivity index (χ2n) is 9.31. The van der Waals surface area contributed by atoms with Crippen LogP contribution in [0.5, 0.6) is 0 Å². The van der Waals surface area contributed by atoms with E-state index in [1.54, 1.807) is 22.2 Å². The minimum Gasteiger partial charge on any atom is -0.328 e. The standard InChI is InChI=1S/C27H27N7OS/c1-4-5-6-24-30-22-16-33(27(35)25(22)36-24)15-19-8-7-18(11-17(19)2)26-31-21(20-13-29-32(3)14-20)12-23-28-9-10-34(23)26/h7-14H,4-6,15-16H2,1-3H3. The van der Waals surface area contributed by atoms with Crippen LogP contribution < -0.4 is 0 Å². The Labute approximate surface area is 213 Å². The maximum absolute atomic E-state index is 13.0. The molecule has 0 radical (unpaired) electrons. The fourth-order valence-electron chi connectivity index (χ4n) is 4.68. The second-order valence-corrected chi connectivity index (χ2v) is 10.4. The maximum Gasteiger partial charge on any atom is 0.266 e. The zero-order valence-electron chi connectivity index (χ0n) is 20.6. The Morgan fingerprint density at radius 1 is 1.14 bits per heavy atom. The number of unbranched alkanes of at least 4 members (excludes halogenated alkanes) is 1. The van der Waals surface area contributed by atoms with Crippen LogP contribution in [-0.2, 0) is 26.6 Å². The van der Waals surface area contributed by atoms with Crippen molar-refractivity contribution in [3.05, 3.63) is 75.8 Å². The van der Waals surface area contributed by atoms with Crippen molar-refractivity contribution in [3.63, 3.8) is 0 Å². The van der Waals surface area contributed by atoms with Gasteiger partial charge >= 0.3 is 0 Å². The SMILES string of the molecule is CCCCc1nc2c(s1)C(=O)N(Cc1ccc(-c3nc(-c4cnn(C)c4)cc4nccn34)cc1C)C2. The summed E-state index contributed by atoms with van der Waals surface area (Å²) in [4.78, 5) is 30.0. The molecule has 0 aliphatic carbocycles. The number of hydrogen-bond donors (Lipinski definition) is 0. The molecule has 1 aromatic carbocycles. The van der Waals surface area contributed by atoms with E-state index >= 15 is 0 Å². The van der Waals surface area contributed by atoms with Gasteiger partial charge in [-0.25, -0.2) is 15.0 Å². The minimum absolute atomic E-state index is 0.0969. The van der Waals surface area contributed by atoms with Crippen LogP contribution in [0.25, 0.3) is 28.3 Å². The lowest BCUT2D eigenvalue weighted by Crippen LogP contribution is -2.23. The largest absolute Gasteiger partial charge is 0.328 e. The molecule has 5 heterocycles. The molecule has 0 fully saturated rings. The lowest BCUT2D eigenvalue weighted by molar-refractivity contribution is 0.0769. The molecule has 0 saturated heterocycles. The van der Waals surface area contributed by atoms with Crippen molar-refractivity contribution in [1.29, 1.82) is 0 Å². The monoisotopic (exact) mass is 497 g/mol. The van der Waals surface area contributed by atoms with E-state index in [4.69, 9.17) is 9.97 Å². The van der Waals surface area contributed by atoms with E-state index in [1.165, 1.54) is 0 Å². The molecular formula is C27H27N7OS. The van der Waals surface area contributed by atoms with Gasteiger partial charge in [-0.15, -0.1) is 11.3 Å². The van der Waals surface area contributed by atoms with Crippen molar-refractivity contribution in [2.45, 2.75) is 46.2 Å². The number of fused-ring (bicyclic) bond motifs is 2. The first kappa shape index (κ1) is 22.6. The zero-order chi connectivity index (χ0) is 24.8. The number of rotatable bonds is 7. The van der Waals surface area contributed by atoms with E-state index < -0.39 is 0 Å². The first-order valence-electron chi connectivity index (χ1n) is 12.2. The van der Waals surface area contributed by atoms with Crippen LogP contribution in [0.2, 0.25) is 0 Å². The van der Waals surface area contributed by atoms with Crippen LogP contribution in [0.15, 0.2) is 49.1 Å². The summed E-state index contributed by atoms with van der Waals surface area (Å²) in [5.41, 5.74) is 6.79. The predicted molar refractivity (Wildman–Crippen MR) is 140 cm³/mol. The summed E-state index contributed by atoms with van der Waals surface area (Å²) >= 11 is 1.57. The quantitative estimate of drug-likeness (QED) is 0.314. The molecule has 0 spiro atoms. The fourth-order valence-corrected chi connectivity index (χ4v) is 5.76. The number of carbonyl (C=O) groups excluding carboxylic acids is 1. The van der Waals surface area contributed by atoms with Gasteiger partial charge in [0, 0.05) is 49.4 Å². The van der Waals surface area contributed by atoms with Crippen molar-refractivity contribution in [3.8, 4) is 22.6 Å². The van der Waals surface area contributed by atoms with Crippen LogP contribution in [0.4, 0.5) is 0 Å². The van der Waals surface area contributed by atoms with Crippen LogP contribution >= 0.6 is 11.3 Å². The average molecular weight is 498 g/mol. The van der Waals surface area contributed by atoms with E-state index in [1.807, 2.05) is 41.0 Å². The summed E-state index contributed by atoms with van der Waals surface area (Å²) in [6, 6.07) is 8.29. The molecule has 0 N–H and O–H groups in total. The van der Waals surface area contributed by atoms with Crippen molar-refractivity contribution < 1.29 is 4.79 Å². The van der Waals surface area contributed by atoms with E-state index in [2.05, 4.69) is 42.1 Å². The molecule has 8 nitrogen and oxygen atoms in total. The number of aryl methyl sites for hydroxylation is 3. The molecule has 0 atom stereocenters. The molecule has 0 saturated carbocycles. The summed E-state index contributed by atoms with van der Waals surface area (Å²) in [7, 11) is 1.90. The Kier molecular flexibility index (Phi) is 5.64. The number of aromatic nitrogens is 6. The number of amides is 1. The van der Waals surface area contributed by atoms with Crippen molar-refractivity contribution in [2.24, 2.45) is 7.05 Å². The molecule has 0 unspecified atom stereocenters. The highest BCUT2D eigenvalue weighted by Gasteiger charge is 2.31. The Morgan fingerprint density at radius 2 is 2.03 bits per heavy atom. The van der Waals surface area contributed by atoms with Gasteiger partial charge in [-0.2, -0.15) is 5.10 Å². The van der Waals surface area contributed by atoms with Crippen molar-refractivity contribution in [1.82, 2.24) is 34.0 Å². The van der Waals surface area contributed by atoms with E-state index in [-0.39, 0.29) is 5.91 Å². The van der Waals surface area contributed by atoms with Crippen LogP contribution in [0.3, 0.4) is 0 Å². The van der Waals surface area contributed by atoms with E-state index in [0.717, 1.165) is 74.3 Å². The Hall–Kier alpha value is -3.85. The molecule has 1 amide bonds. The number of nitrogens with zero attached hydrogens (tertiary/aromatic N) is 7. The number of benzene rings is 1. The third-order valence-corrected chi connectivity index (χ3v) is 7.81. The fraction of sp³-hybridized carbons (Fsp3) is 0.296. The van der Waals surface area contributed by atoms with E-state index in [0.29, 0.717) is 13.1 Å². The Bertz CT molecular complexity index is 1590. The molecule has 182 valence electrons. The first-order valence-corrected chi connectivity index (χ1v) is 13.0. The van der Waals surface area contributed by atoms with Gasteiger partial charge < -0.3 is 4.90 Å². The summed E-state index contributed by atoms with van der Waals surface area (Å²) in [5.74, 6) is 0.918. The van der Waals surface area contributed by atoms with Crippen LogP contribution in [0, 0.1) is 6.92 Å². The number of carbonyl (C=O) groups is 1. The van der Waals surface area contributed by atoms with Crippen LogP contribution in [0.1, 0.15) is 51.3 Å². The zero-order valence-corrected chi connectivity index (χ0v) is 21.4. The Balaban J connectivity index is 1.27. The normalized spacial score (nSPS) is 13.2. The molecule has 1 aliphatic rings. The summed E-state index contributed by atoms with van der Waals surface area (Å²) in [6.45, 7) is 5.42. The van der Waals surface area contributed by atoms with Crippen molar-refractivity contribution in [2.75, 3.05) is 0 Å². The van der Waals surface area contributed by atoms with E-state index in [9.17, 15) is 4.79 Å². The molecule has 4 aromatic heterocycles. The smallest absolute Gasteiger partial charge is 0.266 e. The minimum atomic E-state index is 0.0969. The number of thiazole rings is 1. The maximum atomic E-state index is 13.0. The second kappa shape index (κ2) is 8.98. The number of hydrogen-bond acceptors (Lipinski definition) is 6. The third-order valence-electron chi connectivity index (χ3n) is 6.66. The van der Waals surface area contributed by atoms with Crippen molar-refractivity contribution >= 4 is 22.9 Å². The molecule has 1 aliphatic heterocycles. The topological polar surface area (TPSA) is 81.2 Å². The highest BCUT2D eigenvalue weighted by molar-refractivity contribution is 7.13. The highest BCUT2D eigenvalue weighted by atomic mass is 32.1. The van der Waals surface area contributed by atoms with Gasteiger partial charge in [0.2, 0.25) is 0 Å². The predicted octanol–water partition coefficient (Wildman–Crippen LogP) is 5.06. The Morgan fingerprint density at radius 3 is 2.78 bits per heavy atom. The van der Waals surface area contributed by atoms with Gasteiger partial charge in [0.15, 0.2) is 0 Å². The third kappa shape index (κ3) is 3.99. The molecule has 0 bridgehead atoms. The molecule has 6 rings (SSSR count). The molecule has 5 aromatic rings. The molecule has 36 heavy (non-hydrogen) atoms. The number of imidazole rings is 1. The lowest BCUT2D eigenvalue weighted by atomic mass is 10.0. The first-order chi connectivity index (χ1) is 17.5.